The van der Waals surface area contributed by atoms with Crippen molar-refractivity contribution in [1.82, 2.24) is 4.90 Å². The molecule has 1 heterocycles. The topological polar surface area (TPSA) is 29.3 Å². The van der Waals surface area contributed by atoms with Crippen molar-refractivity contribution < 1.29 is 0 Å². The molecule has 1 aromatic carbocycles. The van der Waals surface area contributed by atoms with Crippen molar-refractivity contribution in [2.75, 3.05) is 13.1 Å². The SMILES string of the molecule is Cc1cc(C)cc(C(CN)N2CCC(C)CC2C)c1. The lowest BCUT2D eigenvalue weighted by atomic mass is 9.90. The molecule has 3 atom stereocenters. The van der Waals surface area contributed by atoms with E-state index < -0.39 is 0 Å². The lowest BCUT2D eigenvalue weighted by Gasteiger charge is -2.41. The summed E-state index contributed by atoms with van der Waals surface area (Å²) in [6.45, 7) is 10.9. The van der Waals surface area contributed by atoms with E-state index in [-0.39, 0.29) is 0 Å². The van der Waals surface area contributed by atoms with Crippen molar-refractivity contribution >= 4 is 0 Å². The van der Waals surface area contributed by atoms with Gasteiger partial charge >= 0.3 is 0 Å². The highest BCUT2D eigenvalue weighted by Crippen LogP contribution is 2.31. The van der Waals surface area contributed by atoms with Gasteiger partial charge in [-0.25, -0.2) is 0 Å². The standard InChI is InChI=1S/C17H28N2/c1-12-5-6-19(15(4)8-12)17(11-18)16-9-13(2)7-14(3)10-16/h7,9-10,12,15,17H,5-6,8,11,18H2,1-4H3. The minimum atomic E-state index is 0.376. The van der Waals surface area contributed by atoms with Crippen LogP contribution in [0.1, 0.15) is 49.4 Å². The highest BCUT2D eigenvalue weighted by molar-refractivity contribution is 5.31. The number of nitrogens with zero attached hydrogens (tertiary/aromatic N) is 1. The Morgan fingerprint density at radius 1 is 1.21 bits per heavy atom. The fraction of sp³-hybridized carbons (Fsp3) is 0.647. The average molecular weight is 260 g/mol. The first-order valence-electron chi connectivity index (χ1n) is 7.55. The number of benzene rings is 1. The van der Waals surface area contributed by atoms with Crippen LogP contribution in [0.15, 0.2) is 18.2 Å². The Kier molecular flexibility index (Phi) is 4.64. The number of hydrogen-bond donors (Lipinski definition) is 1. The summed E-state index contributed by atoms with van der Waals surface area (Å²) in [5, 5.41) is 0. The van der Waals surface area contributed by atoms with Crippen LogP contribution in [0.4, 0.5) is 0 Å². The van der Waals surface area contributed by atoms with E-state index in [1.807, 2.05) is 0 Å². The Balaban J connectivity index is 2.23. The van der Waals surface area contributed by atoms with Crippen molar-refractivity contribution in [3.63, 3.8) is 0 Å². The number of piperidine rings is 1. The van der Waals surface area contributed by atoms with Crippen LogP contribution in [0.5, 0.6) is 0 Å². The van der Waals surface area contributed by atoms with Gasteiger partial charge in [0.25, 0.3) is 0 Å². The van der Waals surface area contributed by atoms with Gasteiger partial charge in [-0.05, 0) is 51.6 Å². The Morgan fingerprint density at radius 2 is 1.84 bits per heavy atom. The summed E-state index contributed by atoms with van der Waals surface area (Å²) in [6, 6.07) is 7.85. The van der Waals surface area contributed by atoms with Crippen LogP contribution in [0.3, 0.4) is 0 Å². The zero-order valence-corrected chi connectivity index (χ0v) is 12.8. The summed E-state index contributed by atoms with van der Waals surface area (Å²) in [4.78, 5) is 2.61. The Labute approximate surface area is 118 Å². The van der Waals surface area contributed by atoms with Crippen molar-refractivity contribution in [2.24, 2.45) is 11.7 Å². The van der Waals surface area contributed by atoms with Crippen molar-refractivity contribution in [3.8, 4) is 0 Å². The molecule has 0 radical (unpaired) electrons. The fourth-order valence-corrected chi connectivity index (χ4v) is 3.55. The quantitative estimate of drug-likeness (QED) is 0.902. The highest BCUT2D eigenvalue weighted by Gasteiger charge is 2.29. The minimum Gasteiger partial charge on any atom is -0.329 e. The zero-order valence-electron chi connectivity index (χ0n) is 12.8. The van der Waals surface area contributed by atoms with E-state index in [1.165, 1.54) is 36.1 Å². The van der Waals surface area contributed by atoms with Crippen LogP contribution in [-0.4, -0.2) is 24.0 Å². The second-order valence-electron chi connectivity index (χ2n) is 6.39. The molecule has 0 aliphatic carbocycles. The molecule has 1 fully saturated rings. The molecule has 1 aliphatic rings. The Bertz CT molecular complexity index is 407. The molecular formula is C17H28N2. The number of hydrogen-bond acceptors (Lipinski definition) is 2. The lowest BCUT2D eigenvalue weighted by Crippen LogP contribution is -2.45. The predicted octanol–water partition coefficient (Wildman–Crippen LogP) is 3.42. The fourth-order valence-electron chi connectivity index (χ4n) is 3.55. The molecule has 1 saturated heterocycles. The molecule has 0 amide bonds. The maximum Gasteiger partial charge on any atom is 0.0473 e. The molecule has 2 nitrogen and oxygen atoms in total. The van der Waals surface area contributed by atoms with E-state index in [1.54, 1.807) is 0 Å². The monoisotopic (exact) mass is 260 g/mol. The van der Waals surface area contributed by atoms with Crippen LogP contribution in [0.25, 0.3) is 0 Å². The number of nitrogens with two attached hydrogens (primary N) is 1. The molecule has 1 aromatic rings. The Morgan fingerprint density at radius 3 is 2.37 bits per heavy atom. The molecule has 106 valence electrons. The van der Waals surface area contributed by atoms with Gasteiger partial charge in [0.1, 0.15) is 0 Å². The van der Waals surface area contributed by atoms with E-state index in [0.717, 1.165) is 5.92 Å². The number of likely N-dealkylation sites (tertiary alicyclic amines) is 1. The van der Waals surface area contributed by atoms with E-state index in [9.17, 15) is 0 Å². The third-order valence-electron chi connectivity index (χ3n) is 4.44. The molecule has 19 heavy (non-hydrogen) atoms. The van der Waals surface area contributed by atoms with Gasteiger partial charge in [0.05, 0.1) is 0 Å². The first-order valence-corrected chi connectivity index (χ1v) is 7.55. The molecule has 2 rings (SSSR count). The summed E-state index contributed by atoms with van der Waals surface area (Å²) in [6.07, 6.45) is 2.59. The maximum atomic E-state index is 6.09. The molecule has 0 spiro atoms. The number of aryl methyl sites for hydroxylation is 2. The van der Waals surface area contributed by atoms with Crippen molar-refractivity contribution in [1.29, 1.82) is 0 Å². The van der Waals surface area contributed by atoms with Gasteiger partial charge in [0.2, 0.25) is 0 Å². The van der Waals surface area contributed by atoms with Crippen LogP contribution in [-0.2, 0) is 0 Å². The van der Waals surface area contributed by atoms with Crippen LogP contribution < -0.4 is 5.73 Å². The van der Waals surface area contributed by atoms with Gasteiger partial charge in [-0.1, -0.05) is 36.2 Å². The largest absolute Gasteiger partial charge is 0.329 e. The normalized spacial score (nSPS) is 26.4. The van der Waals surface area contributed by atoms with Gasteiger partial charge in [-0.2, -0.15) is 0 Å². The van der Waals surface area contributed by atoms with Crippen LogP contribution >= 0.6 is 0 Å². The maximum absolute atomic E-state index is 6.09. The van der Waals surface area contributed by atoms with Crippen molar-refractivity contribution in [3.05, 3.63) is 34.9 Å². The second-order valence-corrected chi connectivity index (χ2v) is 6.39. The predicted molar refractivity (Wildman–Crippen MR) is 82.3 cm³/mol. The van der Waals surface area contributed by atoms with Crippen LogP contribution in [0, 0.1) is 19.8 Å². The Hall–Kier alpha value is -0.860. The summed E-state index contributed by atoms with van der Waals surface area (Å²) in [7, 11) is 0. The zero-order chi connectivity index (χ0) is 14.0. The van der Waals surface area contributed by atoms with Gasteiger partial charge in [0, 0.05) is 18.6 Å². The summed E-state index contributed by atoms with van der Waals surface area (Å²) in [5.41, 5.74) is 10.2. The third-order valence-corrected chi connectivity index (χ3v) is 4.44. The first kappa shape index (κ1) is 14.5. The lowest BCUT2D eigenvalue weighted by molar-refractivity contribution is 0.0847. The summed E-state index contributed by atoms with van der Waals surface area (Å²) in [5.74, 6) is 0.851. The van der Waals surface area contributed by atoms with Crippen molar-refractivity contribution in [2.45, 2.75) is 52.6 Å². The molecule has 3 unspecified atom stereocenters. The van der Waals surface area contributed by atoms with Gasteiger partial charge in [-0.3, -0.25) is 4.90 Å². The van der Waals surface area contributed by atoms with Crippen LogP contribution in [0.2, 0.25) is 0 Å². The highest BCUT2D eigenvalue weighted by atomic mass is 15.2. The minimum absolute atomic E-state index is 0.376. The van der Waals surface area contributed by atoms with E-state index in [0.29, 0.717) is 18.6 Å². The van der Waals surface area contributed by atoms with E-state index in [2.05, 4.69) is 50.8 Å². The summed E-state index contributed by atoms with van der Waals surface area (Å²) >= 11 is 0. The molecule has 1 aliphatic heterocycles. The van der Waals surface area contributed by atoms with Gasteiger partial charge < -0.3 is 5.73 Å². The average Bonchev–Trinajstić information content (AvgIpc) is 2.31. The molecule has 0 bridgehead atoms. The molecular weight excluding hydrogens is 232 g/mol. The van der Waals surface area contributed by atoms with E-state index in [4.69, 9.17) is 5.73 Å². The first-order chi connectivity index (χ1) is 9.01. The third kappa shape index (κ3) is 3.37. The van der Waals surface area contributed by atoms with Gasteiger partial charge in [-0.15, -0.1) is 0 Å². The number of rotatable bonds is 3. The molecule has 2 heteroatoms. The van der Waals surface area contributed by atoms with Gasteiger partial charge in [0.15, 0.2) is 0 Å². The van der Waals surface area contributed by atoms with E-state index >= 15 is 0 Å². The molecule has 0 saturated carbocycles. The smallest absolute Gasteiger partial charge is 0.0473 e. The molecule has 0 aromatic heterocycles. The second kappa shape index (κ2) is 6.06. The summed E-state index contributed by atoms with van der Waals surface area (Å²) < 4.78 is 0. The molecule has 2 N–H and O–H groups in total.